The molecular weight excluding hydrogens is 593 g/mol. The highest BCUT2D eigenvalue weighted by atomic mass is 14.9. The Morgan fingerprint density at radius 2 is 0.878 bits per heavy atom. The van der Waals surface area contributed by atoms with E-state index >= 15 is 0 Å². The van der Waals surface area contributed by atoms with E-state index in [9.17, 15) is 0 Å². The summed E-state index contributed by atoms with van der Waals surface area (Å²) in [5, 5.41) is 2.53. The largest absolute Gasteiger partial charge is 0.228 e. The topological polar surface area (TPSA) is 25.8 Å². The van der Waals surface area contributed by atoms with Crippen LogP contribution in [0.3, 0.4) is 0 Å². The van der Waals surface area contributed by atoms with E-state index in [-0.39, 0.29) is 5.41 Å². The fourth-order valence-corrected chi connectivity index (χ4v) is 7.45. The summed E-state index contributed by atoms with van der Waals surface area (Å²) in [4.78, 5) is 10.4. The zero-order chi connectivity index (χ0) is 33.0. The van der Waals surface area contributed by atoms with Crippen molar-refractivity contribution in [1.82, 2.24) is 9.97 Å². The van der Waals surface area contributed by atoms with Crippen molar-refractivity contribution < 1.29 is 0 Å². The lowest BCUT2D eigenvalue weighted by Gasteiger charge is -2.22. The maximum atomic E-state index is 5.25. The van der Waals surface area contributed by atoms with E-state index in [4.69, 9.17) is 9.97 Å². The first kappa shape index (κ1) is 29.1. The van der Waals surface area contributed by atoms with Crippen molar-refractivity contribution in [2.24, 2.45) is 0 Å². The molecule has 0 spiro atoms. The highest BCUT2D eigenvalue weighted by Crippen LogP contribution is 2.53. The van der Waals surface area contributed by atoms with Gasteiger partial charge >= 0.3 is 0 Å². The van der Waals surface area contributed by atoms with Crippen LogP contribution in [0.2, 0.25) is 0 Å². The van der Waals surface area contributed by atoms with Crippen molar-refractivity contribution in [2.75, 3.05) is 0 Å². The molecule has 0 bridgehead atoms. The first-order chi connectivity index (χ1) is 24.0. The van der Waals surface area contributed by atoms with E-state index in [0.717, 1.165) is 33.9 Å². The monoisotopic (exact) mass is 626 g/mol. The van der Waals surface area contributed by atoms with Crippen LogP contribution in [0, 0.1) is 0 Å². The predicted molar refractivity (Wildman–Crippen MR) is 204 cm³/mol. The lowest BCUT2D eigenvalue weighted by molar-refractivity contribution is 0.661. The normalized spacial score (nSPS) is 12.9. The van der Waals surface area contributed by atoms with Gasteiger partial charge in [0.15, 0.2) is 5.82 Å². The van der Waals surface area contributed by atoms with Gasteiger partial charge < -0.3 is 0 Å². The fourth-order valence-electron chi connectivity index (χ4n) is 7.45. The molecule has 1 aliphatic rings. The van der Waals surface area contributed by atoms with E-state index in [2.05, 4.69) is 166 Å². The number of rotatable bonds is 5. The lowest BCUT2D eigenvalue weighted by Crippen LogP contribution is -2.14. The molecule has 0 N–H and O–H groups in total. The average Bonchev–Trinajstić information content (AvgIpc) is 3.39. The van der Waals surface area contributed by atoms with Gasteiger partial charge in [-0.15, -0.1) is 0 Å². The van der Waals surface area contributed by atoms with Crippen molar-refractivity contribution in [3.63, 3.8) is 0 Å². The molecule has 0 radical (unpaired) electrons. The highest BCUT2D eigenvalue weighted by molar-refractivity contribution is 5.98. The van der Waals surface area contributed by atoms with E-state index < -0.39 is 0 Å². The Morgan fingerprint density at radius 3 is 1.51 bits per heavy atom. The minimum absolute atomic E-state index is 0.127. The van der Waals surface area contributed by atoms with Crippen LogP contribution in [0.1, 0.15) is 25.0 Å². The van der Waals surface area contributed by atoms with Crippen LogP contribution >= 0.6 is 0 Å². The molecule has 1 aromatic heterocycles. The third-order valence-electron chi connectivity index (χ3n) is 10.1. The predicted octanol–water partition coefficient (Wildman–Crippen LogP) is 12.3. The van der Waals surface area contributed by atoms with Gasteiger partial charge in [0, 0.05) is 22.1 Å². The van der Waals surface area contributed by atoms with Crippen LogP contribution < -0.4 is 0 Å². The highest BCUT2D eigenvalue weighted by Gasteiger charge is 2.37. The van der Waals surface area contributed by atoms with Crippen LogP contribution in [0.5, 0.6) is 0 Å². The number of aromatic nitrogens is 2. The standard InChI is InChI=1S/C47H34N2/c1-47(2)41-19-11-18-39(45(41)40-28-37-16-9-10-17-38(37)29-42(40)47)44-30-43(48-46(49-44)36-14-7-4-8-15-36)35-26-24-34(25-27-35)33-22-20-32(21-23-33)31-12-5-3-6-13-31/h3-30H,1-2H3. The summed E-state index contributed by atoms with van der Waals surface area (Å²) < 4.78 is 0. The summed E-state index contributed by atoms with van der Waals surface area (Å²) in [5.41, 5.74) is 15.0. The fraction of sp³-hybridized carbons (Fsp3) is 0.0638. The lowest BCUT2D eigenvalue weighted by atomic mass is 9.81. The second kappa shape index (κ2) is 11.5. The summed E-state index contributed by atoms with van der Waals surface area (Å²) >= 11 is 0. The molecule has 2 nitrogen and oxygen atoms in total. The van der Waals surface area contributed by atoms with Crippen LogP contribution in [0.4, 0.5) is 0 Å². The minimum atomic E-state index is -0.127. The molecular formula is C47H34N2. The molecule has 0 aliphatic heterocycles. The second-order valence-corrected chi connectivity index (χ2v) is 13.4. The molecule has 0 saturated heterocycles. The quantitative estimate of drug-likeness (QED) is 0.190. The molecule has 7 aromatic carbocycles. The first-order valence-electron chi connectivity index (χ1n) is 16.9. The number of nitrogens with zero attached hydrogens (tertiary/aromatic N) is 2. The zero-order valence-electron chi connectivity index (χ0n) is 27.6. The van der Waals surface area contributed by atoms with E-state index in [1.165, 1.54) is 55.3 Å². The van der Waals surface area contributed by atoms with E-state index in [1.807, 2.05) is 18.2 Å². The molecule has 0 amide bonds. The van der Waals surface area contributed by atoms with Crippen molar-refractivity contribution in [3.05, 3.63) is 181 Å². The smallest absolute Gasteiger partial charge is 0.160 e. The van der Waals surface area contributed by atoms with Gasteiger partial charge in [-0.25, -0.2) is 9.97 Å². The second-order valence-electron chi connectivity index (χ2n) is 13.4. The molecule has 2 heteroatoms. The summed E-state index contributed by atoms with van der Waals surface area (Å²) in [7, 11) is 0. The molecule has 232 valence electrons. The Bertz CT molecular complexity index is 2480. The molecule has 49 heavy (non-hydrogen) atoms. The van der Waals surface area contributed by atoms with Crippen molar-refractivity contribution >= 4 is 10.8 Å². The van der Waals surface area contributed by atoms with Gasteiger partial charge in [0.25, 0.3) is 0 Å². The summed E-state index contributed by atoms with van der Waals surface area (Å²) in [6, 6.07) is 60.6. The van der Waals surface area contributed by atoms with Crippen molar-refractivity contribution in [1.29, 1.82) is 0 Å². The third-order valence-corrected chi connectivity index (χ3v) is 10.1. The van der Waals surface area contributed by atoms with Gasteiger partial charge in [0.1, 0.15) is 0 Å². The maximum absolute atomic E-state index is 5.25. The molecule has 1 heterocycles. The molecule has 8 aromatic rings. The summed E-state index contributed by atoms with van der Waals surface area (Å²) in [6.45, 7) is 4.68. The van der Waals surface area contributed by atoms with E-state index in [1.54, 1.807) is 0 Å². The summed E-state index contributed by atoms with van der Waals surface area (Å²) in [5.74, 6) is 0.724. The molecule has 9 rings (SSSR count). The Morgan fingerprint density at radius 1 is 0.367 bits per heavy atom. The van der Waals surface area contributed by atoms with Gasteiger partial charge in [-0.1, -0.05) is 166 Å². The Hall–Kier alpha value is -6.12. The van der Waals surface area contributed by atoms with Crippen molar-refractivity contribution in [2.45, 2.75) is 19.3 Å². The van der Waals surface area contributed by atoms with Gasteiger partial charge in [-0.05, 0) is 73.5 Å². The van der Waals surface area contributed by atoms with Gasteiger partial charge in [-0.2, -0.15) is 0 Å². The van der Waals surface area contributed by atoms with Crippen LogP contribution in [0.15, 0.2) is 170 Å². The number of hydrogen-bond donors (Lipinski definition) is 0. The average molecular weight is 627 g/mol. The van der Waals surface area contributed by atoms with E-state index in [0.29, 0.717) is 0 Å². The van der Waals surface area contributed by atoms with Crippen LogP contribution in [-0.4, -0.2) is 9.97 Å². The molecule has 0 atom stereocenters. The first-order valence-corrected chi connectivity index (χ1v) is 16.9. The van der Waals surface area contributed by atoms with Gasteiger partial charge in [-0.3, -0.25) is 0 Å². The van der Waals surface area contributed by atoms with Crippen molar-refractivity contribution in [3.8, 4) is 67.3 Å². The summed E-state index contributed by atoms with van der Waals surface area (Å²) in [6.07, 6.45) is 0. The third kappa shape index (κ3) is 5.05. The molecule has 1 aliphatic carbocycles. The Balaban J connectivity index is 1.16. The Kier molecular flexibility index (Phi) is 6.84. The van der Waals surface area contributed by atoms with Gasteiger partial charge in [0.05, 0.1) is 11.4 Å². The number of benzene rings is 7. The molecule has 0 fully saturated rings. The minimum Gasteiger partial charge on any atom is -0.228 e. The Labute approximate surface area is 287 Å². The van der Waals surface area contributed by atoms with Gasteiger partial charge in [0.2, 0.25) is 0 Å². The SMILES string of the molecule is CC1(C)c2cc3ccccc3cc2-c2c(-c3cc(-c4ccc(-c5ccc(-c6ccccc6)cc5)cc4)nc(-c4ccccc4)n3)cccc21. The maximum Gasteiger partial charge on any atom is 0.160 e. The molecule has 0 unspecified atom stereocenters. The molecule has 0 saturated carbocycles. The zero-order valence-corrected chi connectivity index (χ0v) is 27.6. The van der Waals surface area contributed by atoms with Crippen LogP contribution in [0.25, 0.3) is 78.1 Å². The number of hydrogen-bond acceptors (Lipinski definition) is 2. The number of fused-ring (bicyclic) bond motifs is 4. The van der Waals surface area contributed by atoms with Crippen LogP contribution in [-0.2, 0) is 5.41 Å².